The van der Waals surface area contributed by atoms with E-state index in [9.17, 15) is 27.2 Å². The van der Waals surface area contributed by atoms with E-state index in [0.717, 1.165) is 10.6 Å². The Balaban J connectivity index is 1.60. The number of likely N-dealkylation sites (tertiary alicyclic amines) is 1. The molecular weight excluding hydrogens is 670 g/mol. The Morgan fingerprint density at radius 1 is 1.06 bits per heavy atom. The largest absolute Gasteiger partial charge is 0.455 e. The second kappa shape index (κ2) is 14.1. The van der Waals surface area contributed by atoms with E-state index in [1.807, 2.05) is 0 Å². The molecule has 1 aromatic heterocycles. The van der Waals surface area contributed by atoms with Crippen LogP contribution in [0.4, 0.5) is 19.3 Å². The molecule has 4 aromatic rings. The SMILES string of the molecule is CNC(=O)c1c(-c2ccc(F)cc2)oc2cc(N(C)S(C)(=O)=O)c([C@H]3CCCN(C(=O)[C@@H](NC(=O)OC(C)(C)C)c4ccccc4F)C3)cc12. The first-order chi connectivity index (χ1) is 23.5. The Hall–Kier alpha value is -4.98. The molecule has 2 N–H and O–H groups in total. The number of nitrogens with zero attached hydrogens (tertiary/aromatic N) is 2. The van der Waals surface area contributed by atoms with Crippen LogP contribution in [0.3, 0.4) is 0 Å². The minimum atomic E-state index is -3.79. The number of ether oxygens (including phenoxy) is 1. The van der Waals surface area contributed by atoms with Gasteiger partial charge in [-0.2, -0.15) is 0 Å². The van der Waals surface area contributed by atoms with Gasteiger partial charge in [-0.25, -0.2) is 22.0 Å². The average Bonchev–Trinajstić information content (AvgIpc) is 3.43. The highest BCUT2D eigenvalue weighted by Crippen LogP contribution is 2.42. The number of alkyl carbamates (subject to hydrolysis) is 1. The number of hydrogen-bond donors (Lipinski definition) is 2. The normalized spacial score (nSPS) is 15.8. The number of amides is 3. The third kappa shape index (κ3) is 7.75. The minimum Gasteiger partial charge on any atom is -0.455 e. The van der Waals surface area contributed by atoms with Crippen LogP contribution >= 0.6 is 0 Å². The van der Waals surface area contributed by atoms with Crippen LogP contribution in [0.15, 0.2) is 65.1 Å². The first-order valence-electron chi connectivity index (χ1n) is 16.0. The number of nitrogens with one attached hydrogen (secondary N) is 2. The lowest BCUT2D eigenvalue weighted by Crippen LogP contribution is -2.47. The Morgan fingerprint density at radius 2 is 1.74 bits per heavy atom. The first-order valence-corrected chi connectivity index (χ1v) is 17.9. The van der Waals surface area contributed by atoms with Crippen LogP contribution in [0.2, 0.25) is 0 Å². The van der Waals surface area contributed by atoms with Gasteiger partial charge >= 0.3 is 6.09 Å². The van der Waals surface area contributed by atoms with Crippen LogP contribution in [0.25, 0.3) is 22.3 Å². The summed E-state index contributed by atoms with van der Waals surface area (Å²) < 4.78 is 67.3. The molecule has 3 amide bonds. The summed E-state index contributed by atoms with van der Waals surface area (Å²) in [6.45, 7) is 5.39. The quantitative estimate of drug-likeness (QED) is 0.225. The smallest absolute Gasteiger partial charge is 0.408 e. The number of furan rings is 1. The van der Waals surface area contributed by atoms with Gasteiger partial charge < -0.3 is 24.7 Å². The van der Waals surface area contributed by atoms with Crippen molar-refractivity contribution < 1.29 is 40.7 Å². The molecule has 2 atom stereocenters. The molecule has 5 rings (SSSR count). The van der Waals surface area contributed by atoms with Crippen molar-refractivity contribution in [2.24, 2.45) is 0 Å². The lowest BCUT2D eigenvalue weighted by molar-refractivity contribution is -0.135. The van der Waals surface area contributed by atoms with Gasteiger partial charge in [0.1, 0.15) is 34.6 Å². The number of piperidine rings is 1. The topological polar surface area (TPSA) is 138 Å². The number of benzene rings is 3. The molecule has 266 valence electrons. The molecule has 1 aliphatic heterocycles. The van der Waals surface area contributed by atoms with Crippen LogP contribution in [0, 0.1) is 11.6 Å². The van der Waals surface area contributed by atoms with Crippen LogP contribution in [0.1, 0.15) is 67.1 Å². The minimum absolute atomic E-state index is 0.0358. The van der Waals surface area contributed by atoms with Gasteiger partial charge in [0.25, 0.3) is 5.91 Å². The van der Waals surface area contributed by atoms with Crippen molar-refractivity contribution in [2.45, 2.75) is 51.2 Å². The number of hydrogen-bond acceptors (Lipinski definition) is 7. The summed E-state index contributed by atoms with van der Waals surface area (Å²) in [6, 6.07) is 12.9. The second-order valence-electron chi connectivity index (χ2n) is 13.3. The Labute approximate surface area is 289 Å². The third-order valence-corrected chi connectivity index (χ3v) is 9.72. The zero-order valence-electron chi connectivity index (χ0n) is 28.7. The predicted molar refractivity (Wildman–Crippen MR) is 185 cm³/mol. The van der Waals surface area contributed by atoms with Crippen LogP contribution in [-0.2, 0) is 19.6 Å². The molecule has 1 fully saturated rings. The molecule has 11 nitrogen and oxygen atoms in total. The zero-order valence-corrected chi connectivity index (χ0v) is 29.5. The molecule has 0 aliphatic carbocycles. The fourth-order valence-electron chi connectivity index (χ4n) is 6.10. The molecule has 0 unspecified atom stereocenters. The van der Waals surface area contributed by atoms with E-state index in [2.05, 4.69) is 10.6 Å². The number of carbonyl (C=O) groups excluding carboxylic acids is 3. The van der Waals surface area contributed by atoms with Crippen molar-refractivity contribution in [1.82, 2.24) is 15.5 Å². The van der Waals surface area contributed by atoms with Gasteiger partial charge in [-0.1, -0.05) is 18.2 Å². The molecule has 1 aliphatic rings. The monoisotopic (exact) mass is 710 g/mol. The van der Waals surface area contributed by atoms with Crippen LogP contribution < -0.4 is 14.9 Å². The van der Waals surface area contributed by atoms with Crippen molar-refractivity contribution in [3.05, 3.63) is 89.0 Å². The molecule has 0 radical (unpaired) electrons. The van der Waals surface area contributed by atoms with Gasteiger partial charge in [0.2, 0.25) is 15.9 Å². The van der Waals surface area contributed by atoms with Gasteiger partial charge in [0.05, 0.1) is 17.5 Å². The fraction of sp³-hybridized carbons (Fsp3) is 0.361. The summed E-state index contributed by atoms with van der Waals surface area (Å²) in [5.74, 6) is -2.47. The van der Waals surface area contributed by atoms with Gasteiger partial charge in [0.15, 0.2) is 0 Å². The summed E-state index contributed by atoms with van der Waals surface area (Å²) in [5.41, 5.74) is 0.733. The van der Waals surface area contributed by atoms with Crippen molar-refractivity contribution in [3.63, 3.8) is 0 Å². The van der Waals surface area contributed by atoms with Gasteiger partial charge in [-0.15, -0.1) is 0 Å². The highest BCUT2D eigenvalue weighted by Gasteiger charge is 2.36. The van der Waals surface area contributed by atoms with E-state index in [1.165, 1.54) is 67.5 Å². The molecule has 0 saturated carbocycles. The maximum absolute atomic E-state index is 15.1. The zero-order chi connectivity index (χ0) is 36.5. The van der Waals surface area contributed by atoms with Crippen molar-refractivity contribution in [1.29, 1.82) is 0 Å². The van der Waals surface area contributed by atoms with Crippen molar-refractivity contribution in [2.75, 3.05) is 37.7 Å². The molecule has 50 heavy (non-hydrogen) atoms. The molecular formula is C36H40F2N4O7S. The molecule has 3 aromatic carbocycles. The second-order valence-corrected chi connectivity index (χ2v) is 15.3. The van der Waals surface area contributed by atoms with E-state index in [4.69, 9.17) is 9.15 Å². The molecule has 0 bridgehead atoms. The number of rotatable bonds is 8. The summed E-state index contributed by atoms with van der Waals surface area (Å²) in [4.78, 5) is 41.8. The number of carbonyl (C=O) groups is 3. The van der Waals surface area contributed by atoms with E-state index in [-0.39, 0.29) is 34.7 Å². The Morgan fingerprint density at radius 3 is 2.36 bits per heavy atom. The molecule has 2 heterocycles. The lowest BCUT2D eigenvalue weighted by atomic mass is 9.87. The Bertz CT molecular complexity index is 2040. The van der Waals surface area contributed by atoms with Gasteiger partial charge in [-0.3, -0.25) is 13.9 Å². The van der Waals surface area contributed by atoms with E-state index >= 15 is 4.39 Å². The maximum atomic E-state index is 15.1. The summed E-state index contributed by atoms with van der Waals surface area (Å²) in [6.07, 6.45) is 1.21. The first kappa shape index (κ1) is 36.3. The number of sulfonamides is 1. The van der Waals surface area contributed by atoms with Gasteiger partial charge in [-0.05, 0) is 75.6 Å². The molecule has 14 heteroatoms. The number of anilines is 1. The summed E-state index contributed by atoms with van der Waals surface area (Å²) >= 11 is 0. The lowest BCUT2D eigenvalue weighted by Gasteiger charge is -2.37. The van der Waals surface area contributed by atoms with Crippen LogP contribution in [-0.4, -0.2) is 70.3 Å². The highest BCUT2D eigenvalue weighted by atomic mass is 32.2. The Kier molecular flexibility index (Phi) is 10.2. The third-order valence-electron chi connectivity index (χ3n) is 8.53. The van der Waals surface area contributed by atoms with E-state index < -0.39 is 57.1 Å². The van der Waals surface area contributed by atoms with Gasteiger partial charge in [0, 0.05) is 55.7 Å². The number of fused-ring (bicyclic) bond motifs is 1. The number of halogens is 2. The van der Waals surface area contributed by atoms with E-state index in [0.29, 0.717) is 35.9 Å². The predicted octanol–water partition coefficient (Wildman–Crippen LogP) is 6.11. The van der Waals surface area contributed by atoms with Crippen molar-refractivity contribution >= 4 is 44.6 Å². The summed E-state index contributed by atoms with van der Waals surface area (Å²) in [7, 11) is -0.933. The van der Waals surface area contributed by atoms with E-state index in [1.54, 1.807) is 32.9 Å². The van der Waals surface area contributed by atoms with Crippen molar-refractivity contribution in [3.8, 4) is 11.3 Å². The highest BCUT2D eigenvalue weighted by molar-refractivity contribution is 7.92. The fourth-order valence-corrected chi connectivity index (χ4v) is 6.62. The molecule has 0 spiro atoms. The average molecular weight is 711 g/mol. The molecule has 1 saturated heterocycles. The summed E-state index contributed by atoms with van der Waals surface area (Å²) in [5, 5.41) is 5.55. The van der Waals surface area contributed by atoms with Crippen LogP contribution in [0.5, 0.6) is 0 Å². The standard InChI is InChI=1S/C36H40F2N4O7S/c1-36(2,3)49-35(45)40-31(24-11-7-8-12-27(24)38)34(44)42-17-9-10-22(20-42)25-18-26-29(19-28(25)41(5)50(6,46)47)48-32(30(26)33(43)39-4)21-13-15-23(37)16-14-21/h7-8,11-16,18-19,22,31H,9-10,17,20H2,1-6H3,(H,39,43)(H,40,45)/t22-,31-/m0/s1. The maximum Gasteiger partial charge on any atom is 0.408 e.